The molecule has 0 aromatic carbocycles. The molecule has 1 aliphatic carbocycles. The lowest BCUT2D eigenvalue weighted by Crippen LogP contribution is -2.44. The SMILES string of the molecule is CN(C)CCN(C)C(=O)C1CCCCCC1N. The number of hydrogen-bond acceptors (Lipinski definition) is 3. The van der Waals surface area contributed by atoms with Gasteiger partial charge in [0.25, 0.3) is 0 Å². The van der Waals surface area contributed by atoms with Gasteiger partial charge in [0.15, 0.2) is 0 Å². The molecule has 1 fully saturated rings. The first-order chi connectivity index (χ1) is 8.02. The quantitative estimate of drug-likeness (QED) is 0.744. The van der Waals surface area contributed by atoms with Gasteiger partial charge < -0.3 is 15.5 Å². The molecule has 2 unspecified atom stereocenters. The fourth-order valence-corrected chi connectivity index (χ4v) is 2.39. The zero-order valence-electron chi connectivity index (χ0n) is 11.5. The lowest BCUT2D eigenvalue weighted by atomic mass is 9.94. The normalized spacial score (nSPS) is 25.7. The second-order valence-corrected chi connectivity index (χ2v) is 5.47. The zero-order chi connectivity index (χ0) is 12.8. The second kappa shape index (κ2) is 6.97. The molecule has 1 rings (SSSR count). The largest absolute Gasteiger partial charge is 0.344 e. The maximum atomic E-state index is 12.3. The van der Waals surface area contributed by atoms with Crippen molar-refractivity contribution >= 4 is 5.91 Å². The van der Waals surface area contributed by atoms with Crippen LogP contribution in [0.5, 0.6) is 0 Å². The first-order valence-corrected chi connectivity index (χ1v) is 6.67. The third-order valence-electron chi connectivity index (χ3n) is 3.65. The zero-order valence-corrected chi connectivity index (χ0v) is 11.5. The van der Waals surface area contributed by atoms with Crippen molar-refractivity contribution in [3.8, 4) is 0 Å². The maximum absolute atomic E-state index is 12.3. The Bertz CT molecular complexity index is 243. The Hall–Kier alpha value is -0.610. The van der Waals surface area contributed by atoms with Gasteiger partial charge in [-0.3, -0.25) is 4.79 Å². The van der Waals surface area contributed by atoms with E-state index in [1.807, 2.05) is 26.0 Å². The monoisotopic (exact) mass is 241 g/mol. The molecule has 0 aromatic heterocycles. The Labute approximate surface area is 105 Å². The van der Waals surface area contributed by atoms with E-state index >= 15 is 0 Å². The summed E-state index contributed by atoms with van der Waals surface area (Å²) in [6, 6.07) is 0.0619. The molecule has 2 N–H and O–H groups in total. The molecular formula is C13H27N3O. The Morgan fingerprint density at radius 2 is 1.76 bits per heavy atom. The summed E-state index contributed by atoms with van der Waals surface area (Å²) in [5.41, 5.74) is 6.12. The first-order valence-electron chi connectivity index (χ1n) is 6.67. The van der Waals surface area contributed by atoms with E-state index in [2.05, 4.69) is 4.90 Å². The van der Waals surface area contributed by atoms with Gasteiger partial charge in [-0.25, -0.2) is 0 Å². The third kappa shape index (κ3) is 4.64. The van der Waals surface area contributed by atoms with Gasteiger partial charge >= 0.3 is 0 Å². The third-order valence-corrected chi connectivity index (χ3v) is 3.65. The number of nitrogens with two attached hydrogens (primary N) is 1. The van der Waals surface area contributed by atoms with Gasteiger partial charge in [0, 0.05) is 26.2 Å². The summed E-state index contributed by atoms with van der Waals surface area (Å²) in [5, 5.41) is 0. The van der Waals surface area contributed by atoms with E-state index in [0.29, 0.717) is 0 Å². The van der Waals surface area contributed by atoms with Gasteiger partial charge in [0.1, 0.15) is 0 Å². The van der Waals surface area contributed by atoms with Gasteiger partial charge in [0.2, 0.25) is 5.91 Å². The van der Waals surface area contributed by atoms with Gasteiger partial charge in [-0.15, -0.1) is 0 Å². The highest BCUT2D eigenvalue weighted by atomic mass is 16.2. The number of amides is 1. The van der Waals surface area contributed by atoms with Gasteiger partial charge in [-0.05, 0) is 26.9 Å². The Morgan fingerprint density at radius 3 is 2.41 bits per heavy atom. The highest BCUT2D eigenvalue weighted by Crippen LogP contribution is 2.23. The van der Waals surface area contributed by atoms with Crippen LogP contribution in [-0.4, -0.2) is 56.0 Å². The summed E-state index contributed by atoms with van der Waals surface area (Å²) in [4.78, 5) is 16.2. The molecule has 1 aliphatic rings. The van der Waals surface area contributed by atoms with E-state index in [9.17, 15) is 4.79 Å². The molecule has 0 bridgehead atoms. The van der Waals surface area contributed by atoms with Crippen molar-refractivity contribution in [2.75, 3.05) is 34.2 Å². The maximum Gasteiger partial charge on any atom is 0.227 e. The average Bonchev–Trinajstić information content (AvgIpc) is 2.49. The Morgan fingerprint density at radius 1 is 1.12 bits per heavy atom. The van der Waals surface area contributed by atoms with Crippen molar-refractivity contribution in [1.82, 2.24) is 9.80 Å². The number of likely N-dealkylation sites (N-methyl/N-ethyl adjacent to an activating group) is 2. The molecule has 0 aliphatic heterocycles. The smallest absolute Gasteiger partial charge is 0.227 e. The van der Waals surface area contributed by atoms with E-state index in [0.717, 1.165) is 32.4 Å². The molecule has 0 spiro atoms. The molecule has 1 amide bonds. The molecule has 0 aromatic rings. The highest BCUT2D eigenvalue weighted by molar-refractivity contribution is 5.79. The minimum absolute atomic E-state index is 0.0460. The van der Waals surface area contributed by atoms with Crippen molar-refractivity contribution in [2.45, 2.75) is 38.1 Å². The summed E-state index contributed by atoms with van der Waals surface area (Å²) in [5.74, 6) is 0.283. The fraction of sp³-hybridized carbons (Fsp3) is 0.923. The Kier molecular flexibility index (Phi) is 5.92. The molecule has 2 atom stereocenters. The summed E-state index contributed by atoms with van der Waals surface area (Å²) in [6.45, 7) is 1.69. The van der Waals surface area contributed by atoms with Crippen LogP contribution in [0, 0.1) is 5.92 Å². The number of nitrogens with zero attached hydrogens (tertiary/aromatic N) is 2. The first kappa shape index (κ1) is 14.5. The molecule has 0 heterocycles. The Balaban J connectivity index is 2.48. The highest BCUT2D eigenvalue weighted by Gasteiger charge is 2.28. The van der Waals surface area contributed by atoms with E-state index < -0.39 is 0 Å². The van der Waals surface area contributed by atoms with Gasteiger partial charge in [0.05, 0.1) is 5.92 Å². The standard InChI is InChI=1S/C13H27N3O/c1-15(2)9-10-16(3)13(17)11-7-5-4-6-8-12(11)14/h11-12H,4-10,14H2,1-3H3. The number of rotatable bonds is 4. The van der Waals surface area contributed by atoms with Crippen LogP contribution in [0.2, 0.25) is 0 Å². The van der Waals surface area contributed by atoms with Crippen LogP contribution in [-0.2, 0) is 4.79 Å². The molecule has 0 saturated heterocycles. The van der Waals surface area contributed by atoms with Crippen LogP contribution in [0.25, 0.3) is 0 Å². The van der Waals surface area contributed by atoms with Crippen LogP contribution in [0.1, 0.15) is 32.1 Å². The molecule has 0 radical (unpaired) electrons. The van der Waals surface area contributed by atoms with Crippen molar-refractivity contribution in [1.29, 1.82) is 0 Å². The number of carbonyl (C=O) groups is 1. The minimum atomic E-state index is 0.0460. The van der Waals surface area contributed by atoms with E-state index in [-0.39, 0.29) is 17.9 Å². The summed E-state index contributed by atoms with van der Waals surface area (Å²) in [7, 11) is 5.94. The second-order valence-electron chi connectivity index (χ2n) is 5.47. The van der Waals surface area contributed by atoms with Crippen LogP contribution >= 0.6 is 0 Å². The molecule has 1 saturated carbocycles. The van der Waals surface area contributed by atoms with Crippen molar-refractivity contribution in [3.63, 3.8) is 0 Å². The molecular weight excluding hydrogens is 214 g/mol. The minimum Gasteiger partial charge on any atom is -0.344 e. The van der Waals surface area contributed by atoms with E-state index in [1.165, 1.54) is 12.8 Å². The number of hydrogen-bond donors (Lipinski definition) is 1. The lowest BCUT2D eigenvalue weighted by molar-refractivity contribution is -0.135. The van der Waals surface area contributed by atoms with Gasteiger partial charge in [-0.1, -0.05) is 19.3 Å². The van der Waals surface area contributed by atoms with Gasteiger partial charge in [-0.2, -0.15) is 0 Å². The predicted octanol–water partition coefficient (Wildman–Crippen LogP) is 0.914. The van der Waals surface area contributed by atoms with E-state index in [4.69, 9.17) is 5.73 Å². The molecule has 4 nitrogen and oxygen atoms in total. The average molecular weight is 241 g/mol. The van der Waals surface area contributed by atoms with Crippen molar-refractivity contribution < 1.29 is 4.79 Å². The molecule has 100 valence electrons. The van der Waals surface area contributed by atoms with Crippen LogP contribution in [0.3, 0.4) is 0 Å². The predicted molar refractivity (Wildman–Crippen MR) is 70.7 cm³/mol. The molecule has 17 heavy (non-hydrogen) atoms. The van der Waals surface area contributed by atoms with E-state index in [1.54, 1.807) is 0 Å². The molecule has 4 heteroatoms. The topological polar surface area (TPSA) is 49.6 Å². The summed E-state index contributed by atoms with van der Waals surface area (Å²) < 4.78 is 0. The van der Waals surface area contributed by atoms with Crippen LogP contribution < -0.4 is 5.73 Å². The van der Waals surface area contributed by atoms with Crippen molar-refractivity contribution in [2.24, 2.45) is 11.7 Å². The fourth-order valence-electron chi connectivity index (χ4n) is 2.39. The van der Waals surface area contributed by atoms with Crippen molar-refractivity contribution in [3.05, 3.63) is 0 Å². The number of carbonyl (C=O) groups excluding carboxylic acids is 1. The van der Waals surface area contributed by atoms with Crippen LogP contribution in [0.4, 0.5) is 0 Å². The summed E-state index contributed by atoms with van der Waals surface area (Å²) in [6.07, 6.45) is 5.50. The lowest BCUT2D eigenvalue weighted by Gasteiger charge is -2.27. The van der Waals surface area contributed by atoms with Crippen LogP contribution in [0.15, 0.2) is 0 Å². The summed E-state index contributed by atoms with van der Waals surface area (Å²) >= 11 is 0.